The second-order valence-corrected chi connectivity index (χ2v) is 3.16. The normalized spacial score (nSPS) is 10.2. The van der Waals surface area contributed by atoms with Crippen LogP contribution in [0.25, 0.3) is 11.3 Å². The highest BCUT2D eigenvalue weighted by atomic mass is 35.5. The largest absolute Gasteiger partial charge is 0.477 e. The van der Waals surface area contributed by atoms with Gasteiger partial charge in [-0.3, -0.25) is 0 Å². The van der Waals surface area contributed by atoms with Crippen LogP contribution in [0.5, 0.6) is 0 Å². The van der Waals surface area contributed by atoms with Crippen molar-refractivity contribution in [2.24, 2.45) is 0 Å². The van der Waals surface area contributed by atoms with Crippen LogP contribution >= 0.6 is 11.6 Å². The number of aromatic nitrogens is 3. The predicted octanol–water partition coefficient (Wildman–Crippen LogP) is 1.82. The first-order chi connectivity index (χ1) is 7.16. The van der Waals surface area contributed by atoms with E-state index in [4.69, 9.17) is 16.7 Å². The maximum atomic E-state index is 10.6. The zero-order valence-electron chi connectivity index (χ0n) is 7.44. The molecule has 0 saturated heterocycles. The molecule has 76 valence electrons. The first-order valence-electron chi connectivity index (χ1n) is 4.07. The van der Waals surface area contributed by atoms with Gasteiger partial charge >= 0.3 is 5.97 Å². The summed E-state index contributed by atoms with van der Waals surface area (Å²) in [5.41, 5.74) is 1.36. The average Bonchev–Trinajstić information content (AvgIpc) is 2.66. The van der Waals surface area contributed by atoms with Gasteiger partial charge in [-0.2, -0.15) is 0 Å². The fourth-order valence-corrected chi connectivity index (χ4v) is 1.31. The third-order valence-corrected chi connectivity index (χ3v) is 2.02. The molecule has 0 saturated carbocycles. The summed E-state index contributed by atoms with van der Waals surface area (Å²) >= 11 is 5.62. The molecule has 0 unspecified atom stereocenters. The summed E-state index contributed by atoms with van der Waals surface area (Å²) in [6.07, 6.45) is 3.07. The van der Waals surface area contributed by atoms with Crippen LogP contribution in [0.15, 0.2) is 24.5 Å². The predicted molar refractivity (Wildman–Crippen MR) is 53.8 cm³/mol. The van der Waals surface area contributed by atoms with Crippen LogP contribution in [0.3, 0.4) is 0 Å². The van der Waals surface area contributed by atoms with Gasteiger partial charge in [0, 0.05) is 18.0 Å². The molecular formula is C9H6ClN3O2. The van der Waals surface area contributed by atoms with Gasteiger partial charge in [-0.15, -0.1) is 0 Å². The third-order valence-electron chi connectivity index (χ3n) is 1.84. The zero-order valence-corrected chi connectivity index (χ0v) is 8.19. The first-order valence-corrected chi connectivity index (χ1v) is 4.45. The molecule has 0 spiro atoms. The van der Waals surface area contributed by atoms with E-state index >= 15 is 0 Å². The fourth-order valence-electron chi connectivity index (χ4n) is 1.16. The third kappa shape index (κ3) is 1.97. The Morgan fingerprint density at radius 1 is 1.53 bits per heavy atom. The van der Waals surface area contributed by atoms with Crippen LogP contribution in [0.2, 0.25) is 5.28 Å². The number of rotatable bonds is 2. The maximum absolute atomic E-state index is 10.6. The van der Waals surface area contributed by atoms with Crippen LogP contribution in [-0.2, 0) is 0 Å². The van der Waals surface area contributed by atoms with Crippen molar-refractivity contribution in [2.45, 2.75) is 0 Å². The summed E-state index contributed by atoms with van der Waals surface area (Å²) in [5.74, 6) is -1.01. The van der Waals surface area contributed by atoms with Gasteiger partial charge in [0.25, 0.3) is 0 Å². The van der Waals surface area contributed by atoms with E-state index in [2.05, 4.69) is 15.0 Å². The minimum Gasteiger partial charge on any atom is -0.477 e. The Bertz CT molecular complexity index is 510. The molecule has 0 aliphatic heterocycles. The summed E-state index contributed by atoms with van der Waals surface area (Å²) < 4.78 is 0. The number of aromatic amines is 1. The van der Waals surface area contributed by atoms with Gasteiger partial charge in [0.2, 0.25) is 5.28 Å². The van der Waals surface area contributed by atoms with Crippen LogP contribution in [0.1, 0.15) is 10.5 Å². The van der Waals surface area contributed by atoms with Crippen molar-refractivity contribution in [1.82, 2.24) is 15.0 Å². The topological polar surface area (TPSA) is 78.9 Å². The van der Waals surface area contributed by atoms with E-state index in [1.165, 1.54) is 12.3 Å². The van der Waals surface area contributed by atoms with Crippen molar-refractivity contribution < 1.29 is 9.90 Å². The summed E-state index contributed by atoms with van der Waals surface area (Å²) in [7, 11) is 0. The first kappa shape index (κ1) is 9.67. The molecular weight excluding hydrogens is 218 g/mol. The number of carboxylic acids is 1. The van der Waals surface area contributed by atoms with Gasteiger partial charge in [-0.05, 0) is 23.7 Å². The second kappa shape index (κ2) is 3.70. The van der Waals surface area contributed by atoms with Gasteiger partial charge in [-0.1, -0.05) is 0 Å². The number of carboxylic acid groups (broad SMARTS) is 1. The molecule has 0 radical (unpaired) electrons. The van der Waals surface area contributed by atoms with Crippen molar-refractivity contribution in [3.63, 3.8) is 0 Å². The minimum absolute atomic E-state index is 0.111. The van der Waals surface area contributed by atoms with Crippen LogP contribution in [-0.4, -0.2) is 26.0 Å². The molecule has 2 heterocycles. The summed E-state index contributed by atoms with van der Waals surface area (Å²) in [6.45, 7) is 0. The van der Waals surface area contributed by atoms with Crippen molar-refractivity contribution in [3.8, 4) is 11.3 Å². The Morgan fingerprint density at radius 3 is 2.93 bits per heavy atom. The quantitative estimate of drug-likeness (QED) is 0.762. The molecule has 2 N–H and O–H groups in total. The Hall–Kier alpha value is -1.88. The van der Waals surface area contributed by atoms with E-state index in [-0.39, 0.29) is 11.0 Å². The zero-order chi connectivity index (χ0) is 10.8. The van der Waals surface area contributed by atoms with E-state index in [1.807, 2.05) is 0 Å². The number of aromatic carboxylic acids is 1. The Balaban J connectivity index is 2.41. The number of nitrogens with zero attached hydrogens (tertiary/aromatic N) is 2. The van der Waals surface area contributed by atoms with Gasteiger partial charge < -0.3 is 10.1 Å². The van der Waals surface area contributed by atoms with E-state index in [1.54, 1.807) is 12.3 Å². The standard InChI is InChI=1S/C9H6ClN3O2/c10-9-11-2-1-6(13-9)5-3-7(8(14)15)12-4-5/h1-4,12H,(H,14,15). The van der Waals surface area contributed by atoms with Crippen LogP contribution in [0, 0.1) is 0 Å². The number of hydrogen-bond donors (Lipinski definition) is 2. The lowest BCUT2D eigenvalue weighted by atomic mass is 10.2. The van der Waals surface area contributed by atoms with Crippen molar-refractivity contribution in [2.75, 3.05) is 0 Å². The number of halogens is 1. The molecule has 0 aliphatic carbocycles. The summed E-state index contributed by atoms with van der Waals surface area (Å²) in [6, 6.07) is 3.14. The SMILES string of the molecule is O=C(O)c1cc(-c2ccnc(Cl)n2)c[nH]1. The number of hydrogen-bond acceptors (Lipinski definition) is 3. The molecule has 0 atom stereocenters. The second-order valence-electron chi connectivity index (χ2n) is 2.82. The van der Waals surface area contributed by atoms with Crippen molar-refractivity contribution in [3.05, 3.63) is 35.5 Å². The molecule has 0 aliphatic rings. The number of nitrogens with one attached hydrogen (secondary N) is 1. The Labute approximate surface area is 89.8 Å². The molecule has 0 fully saturated rings. The Kier molecular flexibility index (Phi) is 2.39. The maximum Gasteiger partial charge on any atom is 0.352 e. The molecule has 15 heavy (non-hydrogen) atoms. The van der Waals surface area contributed by atoms with Gasteiger partial charge in [-0.25, -0.2) is 14.8 Å². The molecule has 6 heteroatoms. The lowest BCUT2D eigenvalue weighted by Crippen LogP contribution is -1.94. The highest BCUT2D eigenvalue weighted by Gasteiger charge is 2.08. The fraction of sp³-hybridized carbons (Fsp3) is 0. The highest BCUT2D eigenvalue weighted by molar-refractivity contribution is 6.28. The summed E-state index contributed by atoms with van der Waals surface area (Å²) in [5, 5.41) is 8.84. The number of carbonyl (C=O) groups is 1. The molecule has 0 amide bonds. The molecule has 2 aromatic rings. The molecule has 2 aromatic heterocycles. The smallest absolute Gasteiger partial charge is 0.352 e. The lowest BCUT2D eigenvalue weighted by Gasteiger charge is -1.94. The van der Waals surface area contributed by atoms with Crippen molar-refractivity contribution >= 4 is 17.6 Å². The van der Waals surface area contributed by atoms with Crippen molar-refractivity contribution in [1.29, 1.82) is 0 Å². The van der Waals surface area contributed by atoms with E-state index in [0.29, 0.717) is 11.3 Å². The lowest BCUT2D eigenvalue weighted by molar-refractivity contribution is 0.0691. The Morgan fingerprint density at radius 2 is 2.33 bits per heavy atom. The van der Waals surface area contributed by atoms with Gasteiger partial charge in [0.15, 0.2) is 0 Å². The molecule has 5 nitrogen and oxygen atoms in total. The van der Waals surface area contributed by atoms with E-state index in [9.17, 15) is 4.79 Å². The summed E-state index contributed by atoms with van der Waals surface area (Å²) in [4.78, 5) is 20.9. The molecule has 0 aromatic carbocycles. The minimum atomic E-state index is -1.01. The monoisotopic (exact) mass is 223 g/mol. The highest BCUT2D eigenvalue weighted by Crippen LogP contribution is 2.18. The van der Waals surface area contributed by atoms with Crippen LogP contribution < -0.4 is 0 Å². The molecule has 2 rings (SSSR count). The van der Waals surface area contributed by atoms with Crippen LogP contribution in [0.4, 0.5) is 0 Å². The number of H-pyrrole nitrogens is 1. The average molecular weight is 224 g/mol. The van der Waals surface area contributed by atoms with Gasteiger partial charge in [0.05, 0.1) is 5.69 Å². The van der Waals surface area contributed by atoms with E-state index in [0.717, 1.165) is 0 Å². The van der Waals surface area contributed by atoms with E-state index < -0.39 is 5.97 Å². The van der Waals surface area contributed by atoms with Gasteiger partial charge in [0.1, 0.15) is 5.69 Å². The molecule has 0 bridgehead atoms.